The number of nitrogens with two attached hydrogens (primary N) is 1. The van der Waals surface area contributed by atoms with E-state index in [0.717, 1.165) is 38.5 Å². The predicted molar refractivity (Wildman–Crippen MR) is 178 cm³/mol. The molecular formula is C34H55FN2O8S. The van der Waals surface area contributed by atoms with Crippen LogP contribution in [0.2, 0.25) is 0 Å². The summed E-state index contributed by atoms with van der Waals surface area (Å²) in [6, 6.07) is 5.69. The molecule has 0 aliphatic carbocycles. The molecule has 0 saturated carbocycles. The van der Waals surface area contributed by atoms with Gasteiger partial charge in [0.1, 0.15) is 21.6 Å². The van der Waals surface area contributed by atoms with Gasteiger partial charge in [0.2, 0.25) is 11.8 Å². The highest BCUT2D eigenvalue weighted by molar-refractivity contribution is 7.91. The summed E-state index contributed by atoms with van der Waals surface area (Å²) < 4.78 is 43.4. The number of amides is 2. The number of allylic oxidation sites excluding steroid dienone is 1. The molecule has 0 fully saturated rings. The fourth-order valence-electron chi connectivity index (χ4n) is 4.98. The Bertz CT molecular complexity index is 1180. The molecule has 46 heavy (non-hydrogen) atoms. The van der Waals surface area contributed by atoms with Crippen LogP contribution in [-0.2, 0) is 30.6 Å². The largest absolute Gasteiger partial charge is 0.494 e. The molecule has 0 spiro atoms. The maximum atomic E-state index is 13.3. The van der Waals surface area contributed by atoms with E-state index in [-0.39, 0.29) is 17.9 Å². The molecule has 1 aromatic rings. The van der Waals surface area contributed by atoms with Crippen molar-refractivity contribution in [2.75, 3.05) is 24.8 Å². The van der Waals surface area contributed by atoms with Crippen molar-refractivity contribution < 1.29 is 42.1 Å². The standard InChI is InChI=1S/C34H55FN2O8S/c1-3-5-7-11-14-24-46(43,44)25-15-12-9-8-10-13-16-29(34(42,21-22-35)33(40)41)32(39)37-30(31(36)38)26-27-17-19-28(20-18-27)45-23-6-4-2/h13,16-20,29-30,42H,3-12,14-15,21-26H2,1-2H3,(H2,36,38)(H,37,39)(H,40,41)/b16-13+/t29-,30+,34+/m1/s1. The van der Waals surface area contributed by atoms with E-state index >= 15 is 0 Å². The van der Waals surface area contributed by atoms with Crippen molar-refractivity contribution in [3.8, 4) is 5.75 Å². The number of nitrogens with one attached hydrogen (secondary N) is 1. The first-order chi connectivity index (χ1) is 21.9. The molecule has 0 heterocycles. The van der Waals surface area contributed by atoms with E-state index in [0.29, 0.717) is 56.4 Å². The fraction of sp³-hybridized carbons (Fsp3) is 0.676. The number of aliphatic hydroxyl groups is 1. The quantitative estimate of drug-likeness (QED) is 0.0743. The minimum absolute atomic E-state index is 0.00986. The van der Waals surface area contributed by atoms with E-state index in [2.05, 4.69) is 19.2 Å². The van der Waals surface area contributed by atoms with Crippen molar-refractivity contribution in [2.24, 2.45) is 11.7 Å². The molecule has 10 nitrogen and oxygen atoms in total. The van der Waals surface area contributed by atoms with Gasteiger partial charge in [-0.25, -0.2) is 13.2 Å². The second kappa shape index (κ2) is 22.5. The van der Waals surface area contributed by atoms with Gasteiger partial charge < -0.3 is 26.0 Å². The van der Waals surface area contributed by atoms with Gasteiger partial charge in [0.15, 0.2) is 5.60 Å². The number of carboxylic acid groups (broad SMARTS) is 1. The summed E-state index contributed by atoms with van der Waals surface area (Å²) in [6.45, 7) is 3.55. The normalized spacial score (nSPS) is 14.4. The molecule has 0 radical (unpaired) electrons. The van der Waals surface area contributed by atoms with E-state index in [9.17, 15) is 37.4 Å². The van der Waals surface area contributed by atoms with E-state index in [1.54, 1.807) is 30.3 Å². The number of alkyl halides is 1. The average Bonchev–Trinajstić information content (AvgIpc) is 3.00. The Morgan fingerprint density at radius 1 is 0.957 bits per heavy atom. The number of carbonyl (C=O) groups is 3. The number of hydrogen-bond acceptors (Lipinski definition) is 7. The maximum Gasteiger partial charge on any atom is 0.336 e. The summed E-state index contributed by atoms with van der Waals surface area (Å²) in [4.78, 5) is 37.6. The molecule has 12 heteroatoms. The number of carboxylic acids is 1. The molecule has 0 aliphatic heterocycles. The zero-order valence-electron chi connectivity index (χ0n) is 27.6. The number of carbonyl (C=O) groups excluding carboxylic acids is 2. The lowest BCUT2D eigenvalue weighted by Crippen LogP contribution is -2.55. The molecule has 5 N–H and O–H groups in total. The van der Waals surface area contributed by atoms with Gasteiger partial charge in [-0.15, -0.1) is 0 Å². The van der Waals surface area contributed by atoms with Crippen molar-refractivity contribution >= 4 is 27.6 Å². The van der Waals surface area contributed by atoms with Crippen LogP contribution < -0.4 is 15.8 Å². The molecule has 0 aromatic heterocycles. The van der Waals surface area contributed by atoms with Gasteiger partial charge in [-0.1, -0.05) is 83.1 Å². The van der Waals surface area contributed by atoms with Gasteiger partial charge in [0.05, 0.1) is 30.7 Å². The number of halogens is 1. The zero-order valence-corrected chi connectivity index (χ0v) is 28.4. The van der Waals surface area contributed by atoms with Crippen LogP contribution >= 0.6 is 0 Å². The van der Waals surface area contributed by atoms with E-state index in [4.69, 9.17) is 10.5 Å². The number of benzene rings is 1. The summed E-state index contributed by atoms with van der Waals surface area (Å²) in [5, 5.41) is 23.1. The zero-order chi connectivity index (χ0) is 34.4. The van der Waals surface area contributed by atoms with Crippen molar-refractivity contribution in [2.45, 2.75) is 115 Å². The average molecular weight is 671 g/mol. The Morgan fingerprint density at radius 3 is 2.09 bits per heavy atom. The van der Waals surface area contributed by atoms with Crippen molar-refractivity contribution in [3.63, 3.8) is 0 Å². The lowest BCUT2D eigenvalue weighted by atomic mass is 9.83. The highest BCUT2D eigenvalue weighted by atomic mass is 32.2. The molecule has 3 atom stereocenters. The monoisotopic (exact) mass is 670 g/mol. The lowest BCUT2D eigenvalue weighted by molar-refractivity contribution is -0.167. The Labute approximate surface area is 274 Å². The number of sulfone groups is 1. The third kappa shape index (κ3) is 16.0. The third-order valence-electron chi connectivity index (χ3n) is 7.90. The first kappa shape index (κ1) is 41.0. The number of rotatable bonds is 27. The second-order valence-corrected chi connectivity index (χ2v) is 14.2. The number of unbranched alkanes of at least 4 members (excludes halogenated alkanes) is 9. The maximum absolute atomic E-state index is 13.3. The summed E-state index contributed by atoms with van der Waals surface area (Å²) in [7, 11) is -3.07. The minimum atomic E-state index is -3.07. The van der Waals surface area contributed by atoms with Gasteiger partial charge in [0, 0.05) is 12.8 Å². The molecule has 1 aromatic carbocycles. The summed E-state index contributed by atoms with van der Waals surface area (Å²) >= 11 is 0. The highest BCUT2D eigenvalue weighted by Crippen LogP contribution is 2.26. The SMILES string of the molecule is CCCCCCCS(=O)(=O)CCCCCC/C=C/[C@H](C(=O)N[C@@H](Cc1ccc(OCCCC)cc1)C(N)=O)[C@@](O)(CCF)C(=O)O. The van der Waals surface area contributed by atoms with Crippen LogP contribution in [0, 0.1) is 5.92 Å². The molecule has 0 saturated heterocycles. The van der Waals surface area contributed by atoms with Crippen LogP contribution in [0.1, 0.15) is 103 Å². The molecule has 2 amide bonds. The van der Waals surface area contributed by atoms with Crippen LogP contribution in [0.15, 0.2) is 36.4 Å². The smallest absolute Gasteiger partial charge is 0.336 e. The number of aliphatic carboxylic acids is 1. The fourth-order valence-corrected chi connectivity index (χ4v) is 6.47. The molecule has 1 rings (SSSR count). The van der Waals surface area contributed by atoms with Crippen molar-refractivity contribution in [1.29, 1.82) is 0 Å². The van der Waals surface area contributed by atoms with Crippen LogP contribution in [0.3, 0.4) is 0 Å². The van der Waals surface area contributed by atoms with Crippen LogP contribution in [0.5, 0.6) is 5.75 Å². The topological polar surface area (TPSA) is 173 Å². The van der Waals surface area contributed by atoms with E-state index in [1.165, 1.54) is 6.08 Å². The van der Waals surface area contributed by atoms with Crippen LogP contribution in [0.4, 0.5) is 4.39 Å². The molecule has 262 valence electrons. The lowest BCUT2D eigenvalue weighted by Gasteiger charge is -2.30. The van der Waals surface area contributed by atoms with Crippen molar-refractivity contribution in [1.82, 2.24) is 5.32 Å². The van der Waals surface area contributed by atoms with Crippen LogP contribution in [0.25, 0.3) is 0 Å². The summed E-state index contributed by atoms with van der Waals surface area (Å²) in [5.41, 5.74) is 3.46. The van der Waals surface area contributed by atoms with E-state index < -0.39 is 58.3 Å². The van der Waals surface area contributed by atoms with Gasteiger partial charge in [-0.05, 0) is 49.8 Å². The molecule has 0 aliphatic rings. The second-order valence-electron chi connectivity index (χ2n) is 11.9. The Kier molecular flexibility index (Phi) is 20.1. The van der Waals surface area contributed by atoms with Gasteiger partial charge in [0.25, 0.3) is 0 Å². The number of primary amides is 1. The Morgan fingerprint density at radius 2 is 1.54 bits per heavy atom. The van der Waals surface area contributed by atoms with E-state index in [1.807, 2.05) is 0 Å². The first-order valence-corrected chi connectivity index (χ1v) is 18.4. The summed E-state index contributed by atoms with van der Waals surface area (Å²) in [5.74, 6) is -4.29. The molecular weight excluding hydrogens is 615 g/mol. The number of ether oxygens (including phenoxy) is 1. The molecule has 0 bridgehead atoms. The summed E-state index contributed by atoms with van der Waals surface area (Å²) in [6.07, 6.45) is 11.7. The van der Waals surface area contributed by atoms with Crippen LogP contribution in [-0.4, -0.2) is 72.8 Å². The molecule has 0 unspecified atom stereocenters. The number of hydrogen-bond donors (Lipinski definition) is 4. The Balaban J connectivity index is 2.79. The van der Waals surface area contributed by atoms with Gasteiger partial charge in [-0.2, -0.15) is 0 Å². The van der Waals surface area contributed by atoms with Crippen molar-refractivity contribution in [3.05, 3.63) is 42.0 Å². The predicted octanol–water partition coefficient (Wildman–Crippen LogP) is 5.06. The van der Waals surface area contributed by atoms with Gasteiger partial charge in [-0.3, -0.25) is 14.0 Å². The Hall–Kier alpha value is -2.99. The first-order valence-electron chi connectivity index (χ1n) is 16.6. The minimum Gasteiger partial charge on any atom is -0.494 e. The third-order valence-corrected chi connectivity index (χ3v) is 9.72. The van der Waals surface area contributed by atoms with Gasteiger partial charge >= 0.3 is 5.97 Å². The highest BCUT2D eigenvalue weighted by Gasteiger charge is 2.47.